The lowest BCUT2D eigenvalue weighted by Gasteiger charge is -2.51. The molecule has 0 aromatic rings. The monoisotopic (exact) mass is 157 g/mol. The zero-order valence-corrected chi connectivity index (χ0v) is 7.80. The van der Waals surface area contributed by atoms with E-state index in [1.54, 1.807) is 0 Å². The first-order chi connectivity index (χ1) is 5.13. The molecule has 1 aliphatic heterocycles. The van der Waals surface area contributed by atoms with Gasteiger partial charge in [-0.05, 0) is 20.3 Å². The van der Waals surface area contributed by atoms with E-state index in [0.717, 1.165) is 19.5 Å². The van der Waals surface area contributed by atoms with Gasteiger partial charge in [0.2, 0.25) is 0 Å². The first kappa shape index (κ1) is 9.01. The quantitative estimate of drug-likeness (QED) is 0.663. The Morgan fingerprint density at radius 3 is 2.27 bits per heavy atom. The van der Waals surface area contributed by atoms with Crippen molar-refractivity contribution in [3.05, 3.63) is 0 Å². The van der Waals surface area contributed by atoms with E-state index in [0.29, 0.717) is 12.6 Å². The number of likely N-dealkylation sites (tertiary alicyclic amines) is 1. The van der Waals surface area contributed by atoms with E-state index in [9.17, 15) is 0 Å². The fraction of sp³-hybridized carbons (Fsp3) is 1.00. The molecule has 0 radical (unpaired) electrons. The van der Waals surface area contributed by atoms with Gasteiger partial charge in [0.1, 0.15) is 0 Å². The molecular formula is C9H19NO. The summed E-state index contributed by atoms with van der Waals surface area (Å²) in [5.41, 5.74) is 0.240. The van der Waals surface area contributed by atoms with E-state index in [1.807, 2.05) is 0 Å². The molecule has 0 atom stereocenters. The Labute approximate surface area is 69.2 Å². The maximum absolute atomic E-state index is 9.11. The number of hydrogen-bond donors (Lipinski definition) is 1. The van der Waals surface area contributed by atoms with Crippen molar-refractivity contribution in [1.29, 1.82) is 0 Å². The Bertz CT molecular complexity index is 122. The van der Waals surface area contributed by atoms with Crippen LogP contribution in [0.2, 0.25) is 0 Å². The summed E-state index contributed by atoms with van der Waals surface area (Å²) in [7, 11) is 0. The predicted molar refractivity (Wildman–Crippen MR) is 46.5 cm³/mol. The molecule has 0 aromatic carbocycles. The standard InChI is InChI=1S/C9H19NO/c1-4-9(7-11)5-10(6-9)8(2)3/h8,11H,4-7H2,1-3H3. The lowest BCUT2D eigenvalue weighted by atomic mass is 9.77. The van der Waals surface area contributed by atoms with Crippen LogP contribution in [0.25, 0.3) is 0 Å². The first-order valence-corrected chi connectivity index (χ1v) is 4.48. The normalized spacial score (nSPS) is 23.7. The molecule has 0 saturated carbocycles. The summed E-state index contributed by atoms with van der Waals surface area (Å²) in [5.74, 6) is 0. The molecule has 1 heterocycles. The highest BCUT2D eigenvalue weighted by Gasteiger charge is 2.41. The van der Waals surface area contributed by atoms with Gasteiger partial charge < -0.3 is 5.11 Å². The maximum Gasteiger partial charge on any atom is 0.0511 e. The summed E-state index contributed by atoms with van der Waals surface area (Å²) < 4.78 is 0. The van der Waals surface area contributed by atoms with Crippen molar-refractivity contribution in [2.24, 2.45) is 5.41 Å². The maximum atomic E-state index is 9.11. The van der Waals surface area contributed by atoms with E-state index in [1.165, 1.54) is 0 Å². The van der Waals surface area contributed by atoms with E-state index in [4.69, 9.17) is 5.11 Å². The Hall–Kier alpha value is -0.0800. The molecule has 0 aliphatic carbocycles. The summed E-state index contributed by atoms with van der Waals surface area (Å²) in [6.07, 6.45) is 1.10. The van der Waals surface area contributed by atoms with Crippen LogP contribution in [0.5, 0.6) is 0 Å². The molecule has 11 heavy (non-hydrogen) atoms. The number of aliphatic hydroxyl groups is 1. The van der Waals surface area contributed by atoms with Crippen LogP contribution in [0.15, 0.2) is 0 Å². The molecule has 0 bridgehead atoms. The highest BCUT2D eigenvalue weighted by molar-refractivity contribution is 4.94. The van der Waals surface area contributed by atoms with Crippen LogP contribution in [0.3, 0.4) is 0 Å². The van der Waals surface area contributed by atoms with Gasteiger partial charge in [-0.15, -0.1) is 0 Å². The van der Waals surface area contributed by atoms with Gasteiger partial charge in [-0.3, -0.25) is 4.90 Å². The lowest BCUT2D eigenvalue weighted by Crippen LogP contribution is -2.60. The van der Waals surface area contributed by atoms with Crippen LogP contribution >= 0.6 is 0 Å². The minimum absolute atomic E-state index is 0.240. The van der Waals surface area contributed by atoms with Crippen LogP contribution in [-0.4, -0.2) is 35.7 Å². The van der Waals surface area contributed by atoms with E-state index < -0.39 is 0 Å². The Morgan fingerprint density at radius 1 is 1.45 bits per heavy atom. The first-order valence-electron chi connectivity index (χ1n) is 4.48. The van der Waals surface area contributed by atoms with Gasteiger partial charge in [0, 0.05) is 24.5 Å². The molecule has 1 rings (SSSR count). The molecule has 1 saturated heterocycles. The lowest BCUT2D eigenvalue weighted by molar-refractivity contribution is -0.0597. The largest absolute Gasteiger partial charge is 0.396 e. The highest BCUT2D eigenvalue weighted by Crippen LogP contribution is 2.34. The Kier molecular flexibility index (Phi) is 2.55. The van der Waals surface area contributed by atoms with Crippen molar-refractivity contribution in [1.82, 2.24) is 4.90 Å². The molecule has 0 spiro atoms. The molecule has 2 heteroatoms. The second kappa shape index (κ2) is 3.11. The second-order valence-corrected chi connectivity index (χ2v) is 4.01. The summed E-state index contributed by atoms with van der Waals surface area (Å²) in [5, 5.41) is 9.11. The van der Waals surface area contributed by atoms with Crippen molar-refractivity contribution >= 4 is 0 Å². The molecule has 1 N–H and O–H groups in total. The third-order valence-corrected chi connectivity index (χ3v) is 2.89. The van der Waals surface area contributed by atoms with Gasteiger partial charge >= 0.3 is 0 Å². The smallest absolute Gasteiger partial charge is 0.0511 e. The number of nitrogens with zero attached hydrogens (tertiary/aromatic N) is 1. The molecular weight excluding hydrogens is 138 g/mol. The summed E-state index contributed by atoms with van der Waals surface area (Å²) in [4.78, 5) is 2.40. The Morgan fingerprint density at radius 2 is 2.00 bits per heavy atom. The minimum atomic E-state index is 0.240. The molecule has 0 unspecified atom stereocenters. The fourth-order valence-electron chi connectivity index (χ4n) is 1.62. The van der Waals surface area contributed by atoms with Crippen molar-refractivity contribution in [3.8, 4) is 0 Å². The summed E-state index contributed by atoms with van der Waals surface area (Å²) >= 11 is 0. The summed E-state index contributed by atoms with van der Waals surface area (Å²) in [6.45, 7) is 9.09. The van der Waals surface area contributed by atoms with Crippen LogP contribution in [0.1, 0.15) is 27.2 Å². The topological polar surface area (TPSA) is 23.5 Å². The number of hydrogen-bond acceptors (Lipinski definition) is 2. The molecule has 0 amide bonds. The number of aliphatic hydroxyl groups excluding tert-OH is 1. The van der Waals surface area contributed by atoms with Crippen molar-refractivity contribution in [3.63, 3.8) is 0 Å². The number of rotatable bonds is 3. The second-order valence-electron chi connectivity index (χ2n) is 4.01. The van der Waals surface area contributed by atoms with Gasteiger partial charge in [-0.1, -0.05) is 6.92 Å². The molecule has 1 fully saturated rings. The van der Waals surface area contributed by atoms with Crippen LogP contribution in [0.4, 0.5) is 0 Å². The van der Waals surface area contributed by atoms with E-state index in [2.05, 4.69) is 25.7 Å². The zero-order chi connectivity index (χ0) is 8.48. The average molecular weight is 157 g/mol. The van der Waals surface area contributed by atoms with Gasteiger partial charge in [-0.2, -0.15) is 0 Å². The molecule has 1 aliphatic rings. The van der Waals surface area contributed by atoms with Crippen molar-refractivity contribution in [2.75, 3.05) is 19.7 Å². The molecule has 0 aromatic heterocycles. The minimum Gasteiger partial charge on any atom is -0.396 e. The van der Waals surface area contributed by atoms with E-state index in [-0.39, 0.29) is 5.41 Å². The average Bonchev–Trinajstić information content (AvgIpc) is 1.87. The SMILES string of the molecule is CCC1(CO)CN(C(C)C)C1. The fourth-order valence-corrected chi connectivity index (χ4v) is 1.62. The van der Waals surface area contributed by atoms with Gasteiger partial charge in [-0.25, -0.2) is 0 Å². The third-order valence-electron chi connectivity index (χ3n) is 2.89. The van der Waals surface area contributed by atoms with Gasteiger partial charge in [0.05, 0.1) is 6.61 Å². The highest BCUT2D eigenvalue weighted by atomic mass is 16.3. The van der Waals surface area contributed by atoms with E-state index >= 15 is 0 Å². The van der Waals surface area contributed by atoms with Crippen LogP contribution < -0.4 is 0 Å². The van der Waals surface area contributed by atoms with Crippen molar-refractivity contribution in [2.45, 2.75) is 33.2 Å². The molecule has 66 valence electrons. The third kappa shape index (κ3) is 1.57. The molecule has 2 nitrogen and oxygen atoms in total. The van der Waals surface area contributed by atoms with Gasteiger partial charge in [0.15, 0.2) is 0 Å². The predicted octanol–water partition coefficient (Wildman–Crippen LogP) is 1.10. The van der Waals surface area contributed by atoms with Crippen molar-refractivity contribution < 1.29 is 5.11 Å². The van der Waals surface area contributed by atoms with Crippen LogP contribution in [-0.2, 0) is 0 Å². The van der Waals surface area contributed by atoms with Crippen LogP contribution in [0, 0.1) is 5.41 Å². The zero-order valence-electron chi connectivity index (χ0n) is 7.80. The van der Waals surface area contributed by atoms with Gasteiger partial charge in [0.25, 0.3) is 0 Å². The summed E-state index contributed by atoms with van der Waals surface area (Å²) in [6, 6.07) is 0.640. The Balaban J connectivity index is 2.35.